The van der Waals surface area contributed by atoms with Gasteiger partial charge in [-0.3, -0.25) is 4.79 Å². The molecule has 0 fully saturated rings. The lowest BCUT2D eigenvalue weighted by Gasteiger charge is -2.08. The normalized spacial score (nSPS) is 10.3. The summed E-state index contributed by atoms with van der Waals surface area (Å²) in [6, 6.07) is 7.56. The van der Waals surface area contributed by atoms with Crippen LogP contribution >= 0.6 is 23.2 Å². The molecule has 0 saturated carbocycles. The highest BCUT2D eigenvalue weighted by Gasteiger charge is 2.07. The maximum atomic E-state index is 13.0. The van der Waals surface area contributed by atoms with Crippen LogP contribution in [-0.4, -0.2) is 12.5 Å². The quantitative estimate of drug-likeness (QED) is 0.907. The monoisotopic (exact) mass is 331 g/mol. The zero-order valence-electron chi connectivity index (χ0n) is 10.5. The van der Waals surface area contributed by atoms with Crippen molar-refractivity contribution in [1.29, 1.82) is 0 Å². The average molecular weight is 332 g/mol. The van der Waals surface area contributed by atoms with Crippen molar-refractivity contribution in [2.75, 3.05) is 11.9 Å². The van der Waals surface area contributed by atoms with Crippen molar-refractivity contribution in [1.82, 2.24) is 0 Å². The van der Waals surface area contributed by atoms with Crippen molar-refractivity contribution in [3.8, 4) is 5.75 Å². The molecular weight excluding hydrogens is 323 g/mol. The molecule has 0 bridgehead atoms. The van der Waals surface area contributed by atoms with Crippen molar-refractivity contribution in [3.63, 3.8) is 0 Å². The van der Waals surface area contributed by atoms with Crippen LogP contribution in [0, 0.1) is 11.6 Å². The number of anilines is 1. The molecule has 110 valence electrons. The number of nitrogens with one attached hydrogen (secondary N) is 1. The second-order valence-electron chi connectivity index (χ2n) is 4.07. The summed E-state index contributed by atoms with van der Waals surface area (Å²) < 4.78 is 30.7. The van der Waals surface area contributed by atoms with Crippen LogP contribution in [0.2, 0.25) is 10.0 Å². The van der Waals surface area contributed by atoms with Crippen LogP contribution in [0.15, 0.2) is 36.4 Å². The third kappa shape index (κ3) is 4.58. The molecule has 2 aromatic rings. The van der Waals surface area contributed by atoms with E-state index < -0.39 is 17.5 Å². The Kier molecular flexibility index (Phi) is 4.98. The Balaban J connectivity index is 1.94. The lowest BCUT2D eigenvalue weighted by Crippen LogP contribution is -2.20. The largest absolute Gasteiger partial charge is 0.484 e. The molecule has 0 atom stereocenters. The molecule has 1 N–H and O–H groups in total. The first-order chi connectivity index (χ1) is 9.94. The topological polar surface area (TPSA) is 38.3 Å². The standard InChI is InChI=1S/C14H9Cl2F2NO2/c15-8-3-9(16)5-10(4-8)19-14(20)7-21-11-1-2-12(17)13(18)6-11/h1-6H,7H2,(H,19,20). The number of ether oxygens (including phenoxy) is 1. The summed E-state index contributed by atoms with van der Waals surface area (Å²) >= 11 is 11.6. The summed E-state index contributed by atoms with van der Waals surface area (Å²) in [6.07, 6.45) is 0. The molecule has 0 aliphatic heterocycles. The van der Waals surface area contributed by atoms with Gasteiger partial charge in [0.05, 0.1) is 0 Å². The zero-order valence-corrected chi connectivity index (χ0v) is 12.0. The number of amides is 1. The third-order valence-corrected chi connectivity index (χ3v) is 2.84. The summed E-state index contributed by atoms with van der Waals surface area (Å²) in [7, 11) is 0. The average Bonchev–Trinajstić information content (AvgIpc) is 2.39. The maximum Gasteiger partial charge on any atom is 0.262 e. The molecule has 7 heteroatoms. The number of hydrogen-bond acceptors (Lipinski definition) is 2. The second kappa shape index (κ2) is 6.74. The number of rotatable bonds is 4. The Labute approximate surface area is 129 Å². The summed E-state index contributed by atoms with van der Waals surface area (Å²) in [5, 5.41) is 3.27. The van der Waals surface area contributed by atoms with Crippen molar-refractivity contribution < 1.29 is 18.3 Å². The van der Waals surface area contributed by atoms with E-state index in [4.69, 9.17) is 27.9 Å². The van der Waals surface area contributed by atoms with Crippen molar-refractivity contribution >= 4 is 34.8 Å². The fourth-order valence-corrected chi connectivity index (χ4v) is 2.06. The van der Waals surface area contributed by atoms with Gasteiger partial charge < -0.3 is 10.1 Å². The molecule has 1 amide bonds. The predicted octanol–water partition coefficient (Wildman–Crippen LogP) is 4.29. The number of hydrogen-bond donors (Lipinski definition) is 1. The summed E-state index contributed by atoms with van der Waals surface area (Å²) in [4.78, 5) is 11.7. The fourth-order valence-electron chi connectivity index (χ4n) is 1.54. The molecule has 0 aliphatic carbocycles. The van der Waals surface area contributed by atoms with E-state index in [0.717, 1.165) is 12.1 Å². The third-order valence-electron chi connectivity index (χ3n) is 2.41. The zero-order chi connectivity index (χ0) is 15.4. The van der Waals surface area contributed by atoms with Gasteiger partial charge in [0.1, 0.15) is 5.75 Å². The number of carbonyl (C=O) groups excluding carboxylic acids is 1. The molecular formula is C14H9Cl2F2NO2. The van der Waals surface area contributed by atoms with Gasteiger partial charge in [0.2, 0.25) is 0 Å². The first kappa shape index (κ1) is 15.5. The fraction of sp³-hybridized carbons (Fsp3) is 0.0714. The van der Waals surface area contributed by atoms with Crippen molar-refractivity contribution in [2.24, 2.45) is 0 Å². The summed E-state index contributed by atoms with van der Waals surface area (Å²) in [6.45, 7) is -0.366. The van der Waals surface area contributed by atoms with Gasteiger partial charge in [-0.1, -0.05) is 23.2 Å². The Morgan fingerprint density at radius 1 is 1.05 bits per heavy atom. The number of halogens is 4. The van der Waals surface area contributed by atoms with E-state index in [9.17, 15) is 13.6 Å². The van der Waals surface area contributed by atoms with E-state index in [1.165, 1.54) is 24.3 Å². The van der Waals surface area contributed by atoms with Gasteiger partial charge in [0.25, 0.3) is 5.91 Å². The molecule has 0 saturated heterocycles. The van der Waals surface area contributed by atoms with Crippen LogP contribution in [0.4, 0.5) is 14.5 Å². The minimum Gasteiger partial charge on any atom is -0.484 e. The van der Waals surface area contributed by atoms with Crippen LogP contribution in [0.3, 0.4) is 0 Å². The predicted molar refractivity (Wildman–Crippen MR) is 76.9 cm³/mol. The molecule has 0 heterocycles. The first-order valence-electron chi connectivity index (χ1n) is 5.78. The molecule has 0 spiro atoms. The molecule has 2 aromatic carbocycles. The smallest absolute Gasteiger partial charge is 0.262 e. The van der Waals surface area contributed by atoms with Crippen LogP contribution < -0.4 is 10.1 Å². The Morgan fingerprint density at radius 3 is 2.33 bits per heavy atom. The molecule has 0 aromatic heterocycles. The Morgan fingerprint density at radius 2 is 1.71 bits per heavy atom. The van der Waals surface area contributed by atoms with E-state index >= 15 is 0 Å². The highest BCUT2D eigenvalue weighted by Crippen LogP contribution is 2.22. The highest BCUT2D eigenvalue weighted by atomic mass is 35.5. The maximum absolute atomic E-state index is 13.0. The molecule has 2 rings (SSSR count). The van der Waals surface area contributed by atoms with E-state index in [2.05, 4.69) is 5.32 Å². The van der Waals surface area contributed by atoms with Gasteiger partial charge in [-0.05, 0) is 30.3 Å². The van der Waals surface area contributed by atoms with E-state index in [-0.39, 0.29) is 12.4 Å². The van der Waals surface area contributed by atoms with Crippen molar-refractivity contribution in [3.05, 3.63) is 58.1 Å². The Bertz CT molecular complexity index is 660. The van der Waals surface area contributed by atoms with Crippen molar-refractivity contribution in [2.45, 2.75) is 0 Å². The summed E-state index contributed by atoms with van der Waals surface area (Å²) in [5.74, 6) is -2.47. The minimum absolute atomic E-state index is 0.0492. The van der Waals surface area contributed by atoms with Crippen LogP contribution in [0.25, 0.3) is 0 Å². The Hall–Kier alpha value is -1.85. The molecule has 21 heavy (non-hydrogen) atoms. The summed E-state index contributed by atoms with van der Waals surface area (Å²) in [5.41, 5.74) is 0.409. The lowest BCUT2D eigenvalue weighted by molar-refractivity contribution is -0.118. The van der Waals surface area contributed by atoms with Gasteiger partial charge in [0, 0.05) is 21.8 Å². The van der Waals surface area contributed by atoms with E-state index in [1.54, 1.807) is 0 Å². The van der Waals surface area contributed by atoms with Crippen LogP contribution in [0.5, 0.6) is 5.75 Å². The van der Waals surface area contributed by atoms with E-state index in [0.29, 0.717) is 15.7 Å². The highest BCUT2D eigenvalue weighted by molar-refractivity contribution is 6.35. The second-order valence-corrected chi connectivity index (χ2v) is 4.94. The number of carbonyl (C=O) groups is 1. The SMILES string of the molecule is O=C(COc1ccc(F)c(F)c1)Nc1cc(Cl)cc(Cl)c1. The first-order valence-corrected chi connectivity index (χ1v) is 6.53. The van der Waals surface area contributed by atoms with Crippen LogP contribution in [0.1, 0.15) is 0 Å². The molecule has 0 aliphatic rings. The number of benzene rings is 2. The van der Waals surface area contributed by atoms with E-state index in [1.807, 2.05) is 0 Å². The van der Waals surface area contributed by atoms with Gasteiger partial charge >= 0.3 is 0 Å². The van der Waals surface area contributed by atoms with Gasteiger partial charge in [-0.15, -0.1) is 0 Å². The lowest BCUT2D eigenvalue weighted by atomic mass is 10.3. The van der Waals surface area contributed by atoms with Crippen LogP contribution in [-0.2, 0) is 4.79 Å². The van der Waals surface area contributed by atoms with Gasteiger partial charge in [-0.2, -0.15) is 0 Å². The van der Waals surface area contributed by atoms with Gasteiger partial charge in [-0.25, -0.2) is 8.78 Å². The molecule has 0 radical (unpaired) electrons. The molecule has 3 nitrogen and oxygen atoms in total. The molecule has 0 unspecified atom stereocenters. The van der Waals surface area contributed by atoms with Gasteiger partial charge in [0.15, 0.2) is 18.2 Å². The minimum atomic E-state index is -1.05.